The zero-order valence-electron chi connectivity index (χ0n) is 8.78. The third kappa shape index (κ3) is 2.49. The van der Waals surface area contributed by atoms with E-state index in [1.807, 2.05) is 6.92 Å². The third-order valence-corrected chi connectivity index (χ3v) is 2.97. The molecule has 0 bridgehead atoms. The summed E-state index contributed by atoms with van der Waals surface area (Å²) >= 11 is 5.60. The maximum Gasteiger partial charge on any atom is 0.222 e. The van der Waals surface area contributed by atoms with Gasteiger partial charge in [0.15, 0.2) is 0 Å². The summed E-state index contributed by atoms with van der Waals surface area (Å²) in [6.07, 6.45) is 2.79. The zero-order valence-corrected chi connectivity index (χ0v) is 9.54. The Bertz CT molecular complexity index is 316. The van der Waals surface area contributed by atoms with Gasteiger partial charge in [0.05, 0.1) is 12.0 Å². The highest BCUT2D eigenvalue weighted by Gasteiger charge is 2.30. The Kier molecular flexibility index (Phi) is 3.59. The molecule has 0 N–H and O–H groups in total. The molecule has 0 saturated carbocycles. The van der Waals surface area contributed by atoms with Gasteiger partial charge in [-0.2, -0.15) is 0 Å². The second-order valence-corrected chi connectivity index (χ2v) is 4.18. The minimum Gasteiger partial charge on any atom is -0.425 e. The predicted octanol–water partition coefficient (Wildman–Crippen LogP) is 2.13. The van der Waals surface area contributed by atoms with E-state index >= 15 is 0 Å². The zero-order chi connectivity index (χ0) is 10.7. The van der Waals surface area contributed by atoms with Crippen LogP contribution in [0.1, 0.15) is 37.5 Å². The Hall–Kier alpha value is -0.610. The molecule has 1 saturated heterocycles. The lowest BCUT2D eigenvalue weighted by molar-refractivity contribution is 0.114. The summed E-state index contributed by atoms with van der Waals surface area (Å²) < 4.78 is 11.0. The van der Waals surface area contributed by atoms with Crippen LogP contribution in [0, 0.1) is 0 Å². The third-order valence-electron chi connectivity index (χ3n) is 2.70. The van der Waals surface area contributed by atoms with E-state index in [0.29, 0.717) is 17.7 Å². The van der Waals surface area contributed by atoms with E-state index < -0.39 is 0 Å². The van der Waals surface area contributed by atoms with E-state index in [0.717, 1.165) is 25.9 Å². The first-order chi connectivity index (χ1) is 7.31. The molecule has 15 heavy (non-hydrogen) atoms. The van der Waals surface area contributed by atoms with Crippen molar-refractivity contribution < 1.29 is 9.15 Å². The van der Waals surface area contributed by atoms with Crippen molar-refractivity contribution in [1.29, 1.82) is 0 Å². The molecular formula is C10H15ClN2O2. The van der Waals surface area contributed by atoms with Crippen LogP contribution in [0.5, 0.6) is 0 Å². The Morgan fingerprint density at radius 1 is 1.47 bits per heavy atom. The van der Waals surface area contributed by atoms with E-state index in [-0.39, 0.29) is 12.0 Å². The Morgan fingerprint density at radius 3 is 3.00 bits per heavy atom. The van der Waals surface area contributed by atoms with Crippen LogP contribution in [0.25, 0.3) is 0 Å². The molecule has 1 aromatic rings. The van der Waals surface area contributed by atoms with Crippen LogP contribution in [0.15, 0.2) is 4.42 Å². The summed E-state index contributed by atoms with van der Waals surface area (Å²) in [6.45, 7) is 2.82. The SMILES string of the molecule is CC1OCCC1c1nnc(CCCCl)o1. The largest absolute Gasteiger partial charge is 0.425 e. The van der Waals surface area contributed by atoms with Gasteiger partial charge in [0.25, 0.3) is 0 Å². The molecule has 1 aromatic heterocycles. The topological polar surface area (TPSA) is 48.2 Å². The van der Waals surface area contributed by atoms with Crippen LogP contribution in [-0.2, 0) is 11.2 Å². The number of rotatable bonds is 4. The lowest BCUT2D eigenvalue weighted by Gasteiger charge is -2.07. The van der Waals surface area contributed by atoms with Crippen molar-refractivity contribution in [2.24, 2.45) is 0 Å². The predicted molar refractivity (Wildman–Crippen MR) is 56.1 cm³/mol. The van der Waals surface area contributed by atoms with Crippen LogP contribution in [0.3, 0.4) is 0 Å². The van der Waals surface area contributed by atoms with Crippen LogP contribution < -0.4 is 0 Å². The van der Waals surface area contributed by atoms with Gasteiger partial charge in [-0.25, -0.2) is 0 Å². The van der Waals surface area contributed by atoms with Gasteiger partial charge in [-0.05, 0) is 19.8 Å². The summed E-state index contributed by atoms with van der Waals surface area (Å²) in [5.41, 5.74) is 0. The average molecular weight is 231 g/mol. The summed E-state index contributed by atoms with van der Waals surface area (Å²) in [4.78, 5) is 0. The summed E-state index contributed by atoms with van der Waals surface area (Å²) in [6, 6.07) is 0. The van der Waals surface area contributed by atoms with Gasteiger partial charge in [-0.1, -0.05) is 0 Å². The number of aryl methyl sites for hydroxylation is 1. The molecule has 1 aliphatic heterocycles. The first-order valence-corrected chi connectivity index (χ1v) is 5.84. The number of halogens is 1. The standard InChI is InChI=1S/C10H15ClN2O2/c1-7-8(4-6-14-7)10-13-12-9(15-10)3-2-5-11/h7-8H,2-6H2,1H3. The van der Waals surface area contributed by atoms with Crippen LogP contribution >= 0.6 is 11.6 Å². The first kappa shape index (κ1) is 10.9. The average Bonchev–Trinajstić information content (AvgIpc) is 2.83. The number of hydrogen-bond acceptors (Lipinski definition) is 4. The molecule has 0 spiro atoms. The normalized spacial score (nSPS) is 26.0. The van der Waals surface area contributed by atoms with E-state index in [1.54, 1.807) is 0 Å². The molecular weight excluding hydrogens is 216 g/mol. The van der Waals surface area contributed by atoms with Crippen molar-refractivity contribution in [3.05, 3.63) is 11.8 Å². The summed E-state index contributed by atoms with van der Waals surface area (Å²) in [7, 11) is 0. The molecule has 2 rings (SSSR count). The van der Waals surface area contributed by atoms with Crippen molar-refractivity contribution >= 4 is 11.6 Å². The number of ether oxygens (including phenoxy) is 1. The monoisotopic (exact) mass is 230 g/mol. The highest BCUT2D eigenvalue weighted by atomic mass is 35.5. The Balaban J connectivity index is 1.99. The first-order valence-electron chi connectivity index (χ1n) is 5.31. The molecule has 2 atom stereocenters. The van der Waals surface area contributed by atoms with Crippen molar-refractivity contribution in [2.75, 3.05) is 12.5 Å². The van der Waals surface area contributed by atoms with Crippen molar-refractivity contribution in [2.45, 2.75) is 38.2 Å². The van der Waals surface area contributed by atoms with E-state index in [9.17, 15) is 0 Å². The quantitative estimate of drug-likeness (QED) is 0.744. The molecule has 1 fully saturated rings. The highest BCUT2D eigenvalue weighted by molar-refractivity contribution is 6.17. The van der Waals surface area contributed by atoms with Crippen molar-refractivity contribution in [1.82, 2.24) is 10.2 Å². The van der Waals surface area contributed by atoms with Gasteiger partial charge in [-0.15, -0.1) is 21.8 Å². The number of aromatic nitrogens is 2. The molecule has 0 amide bonds. The molecule has 4 nitrogen and oxygen atoms in total. The fourth-order valence-electron chi connectivity index (χ4n) is 1.79. The molecule has 2 unspecified atom stereocenters. The van der Waals surface area contributed by atoms with E-state index in [1.165, 1.54) is 0 Å². The minimum absolute atomic E-state index is 0.186. The molecule has 0 aromatic carbocycles. The minimum atomic E-state index is 0.186. The molecule has 5 heteroatoms. The molecule has 1 aliphatic rings. The second kappa shape index (κ2) is 4.94. The smallest absolute Gasteiger partial charge is 0.222 e. The van der Waals surface area contributed by atoms with Gasteiger partial charge >= 0.3 is 0 Å². The lowest BCUT2D eigenvalue weighted by atomic mass is 10.0. The van der Waals surface area contributed by atoms with Crippen molar-refractivity contribution in [3.8, 4) is 0 Å². The maximum absolute atomic E-state index is 5.60. The van der Waals surface area contributed by atoms with Crippen LogP contribution in [-0.4, -0.2) is 28.8 Å². The summed E-state index contributed by atoms with van der Waals surface area (Å²) in [5.74, 6) is 2.29. The Morgan fingerprint density at radius 2 is 2.33 bits per heavy atom. The molecule has 0 aliphatic carbocycles. The van der Waals surface area contributed by atoms with E-state index in [2.05, 4.69) is 10.2 Å². The highest BCUT2D eigenvalue weighted by Crippen LogP contribution is 2.29. The van der Waals surface area contributed by atoms with E-state index in [4.69, 9.17) is 20.8 Å². The maximum atomic E-state index is 5.60. The fourth-order valence-corrected chi connectivity index (χ4v) is 1.93. The van der Waals surface area contributed by atoms with Crippen molar-refractivity contribution in [3.63, 3.8) is 0 Å². The van der Waals surface area contributed by atoms with Gasteiger partial charge < -0.3 is 9.15 Å². The fraction of sp³-hybridized carbons (Fsp3) is 0.800. The molecule has 84 valence electrons. The second-order valence-electron chi connectivity index (χ2n) is 3.80. The number of alkyl halides is 1. The van der Waals surface area contributed by atoms with Gasteiger partial charge in [0.2, 0.25) is 11.8 Å². The molecule has 0 radical (unpaired) electrons. The number of hydrogen-bond donors (Lipinski definition) is 0. The van der Waals surface area contributed by atoms with Crippen LogP contribution in [0.4, 0.5) is 0 Å². The van der Waals surface area contributed by atoms with Gasteiger partial charge in [0, 0.05) is 18.9 Å². The number of nitrogens with zero attached hydrogens (tertiary/aromatic N) is 2. The van der Waals surface area contributed by atoms with Gasteiger partial charge in [0.1, 0.15) is 0 Å². The summed E-state index contributed by atoms with van der Waals surface area (Å²) in [5, 5.41) is 8.06. The van der Waals surface area contributed by atoms with Gasteiger partial charge in [-0.3, -0.25) is 0 Å². The van der Waals surface area contributed by atoms with Crippen LogP contribution in [0.2, 0.25) is 0 Å². The molecule has 2 heterocycles. The lowest BCUT2D eigenvalue weighted by Crippen LogP contribution is -2.09. The Labute approximate surface area is 94.0 Å².